The molecule has 1 heterocycles. The molecule has 108 valence electrons. The van der Waals surface area contributed by atoms with Gasteiger partial charge in [0.05, 0.1) is 0 Å². The number of carbonyl (C=O) groups excluding carboxylic acids is 1. The molecule has 0 radical (unpaired) electrons. The monoisotopic (exact) mass is 288 g/mol. The molecule has 3 nitrogen and oxygen atoms in total. The van der Waals surface area contributed by atoms with Gasteiger partial charge >= 0.3 is 0 Å². The van der Waals surface area contributed by atoms with E-state index in [-0.39, 0.29) is 11.8 Å². The van der Waals surface area contributed by atoms with Crippen LogP contribution in [0.4, 0.5) is 5.69 Å². The average molecular weight is 288 g/mol. The minimum atomic E-state index is 0.0931. The predicted molar refractivity (Wildman–Crippen MR) is 87.7 cm³/mol. The molecule has 3 heteroatoms. The first kappa shape index (κ1) is 13.0. The summed E-state index contributed by atoms with van der Waals surface area (Å²) in [6.07, 6.45) is 4.53. The number of pyridine rings is 1. The van der Waals surface area contributed by atoms with Crippen molar-refractivity contribution in [2.45, 2.75) is 12.3 Å². The second-order valence-corrected chi connectivity index (χ2v) is 5.79. The van der Waals surface area contributed by atoms with Gasteiger partial charge in [0, 0.05) is 29.4 Å². The number of aromatic nitrogens is 1. The number of carbonyl (C=O) groups is 1. The van der Waals surface area contributed by atoms with Crippen LogP contribution in [0.5, 0.6) is 0 Å². The van der Waals surface area contributed by atoms with E-state index in [4.69, 9.17) is 0 Å². The highest BCUT2D eigenvalue weighted by atomic mass is 16.2. The number of nitrogens with one attached hydrogen (secondary N) is 1. The Labute approximate surface area is 129 Å². The van der Waals surface area contributed by atoms with Crippen LogP contribution >= 0.6 is 0 Å². The van der Waals surface area contributed by atoms with Gasteiger partial charge in [0.2, 0.25) is 5.91 Å². The summed E-state index contributed by atoms with van der Waals surface area (Å²) in [7, 11) is 0. The third-order valence-corrected chi connectivity index (χ3v) is 4.26. The Morgan fingerprint density at radius 2 is 1.91 bits per heavy atom. The van der Waals surface area contributed by atoms with E-state index >= 15 is 0 Å². The molecule has 1 aliphatic carbocycles. The first-order chi connectivity index (χ1) is 10.8. The number of amides is 1. The van der Waals surface area contributed by atoms with Gasteiger partial charge in [-0.2, -0.15) is 0 Å². The molecule has 22 heavy (non-hydrogen) atoms. The molecule has 1 fully saturated rings. The smallest absolute Gasteiger partial charge is 0.228 e. The highest BCUT2D eigenvalue weighted by Gasteiger charge is 2.43. The van der Waals surface area contributed by atoms with Gasteiger partial charge in [-0.3, -0.25) is 9.78 Å². The summed E-state index contributed by atoms with van der Waals surface area (Å²) in [4.78, 5) is 16.5. The summed E-state index contributed by atoms with van der Waals surface area (Å²) >= 11 is 0. The second kappa shape index (κ2) is 5.26. The zero-order valence-corrected chi connectivity index (χ0v) is 12.1. The highest BCUT2D eigenvalue weighted by molar-refractivity contribution is 5.97. The molecular formula is C19H16N2O. The van der Waals surface area contributed by atoms with E-state index in [0.717, 1.165) is 22.9 Å². The molecule has 3 aromatic rings. The van der Waals surface area contributed by atoms with Gasteiger partial charge in [0.1, 0.15) is 0 Å². The maximum atomic E-state index is 12.4. The number of benzene rings is 2. The van der Waals surface area contributed by atoms with Crippen LogP contribution < -0.4 is 5.32 Å². The number of rotatable bonds is 3. The van der Waals surface area contributed by atoms with Crippen molar-refractivity contribution in [3.8, 4) is 0 Å². The van der Waals surface area contributed by atoms with E-state index in [1.165, 1.54) is 5.56 Å². The third-order valence-electron chi connectivity index (χ3n) is 4.26. The minimum absolute atomic E-state index is 0.0931. The van der Waals surface area contributed by atoms with Crippen LogP contribution in [0.1, 0.15) is 17.9 Å². The van der Waals surface area contributed by atoms with Gasteiger partial charge in [-0.1, -0.05) is 36.4 Å². The molecule has 2 aromatic carbocycles. The Kier molecular flexibility index (Phi) is 3.11. The van der Waals surface area contributed by atoms with Crippen molar-refractivity contribution in [1.29, 1.82) is 0 Å². The molecule has 4 rings (SSSR count). The number of fused-ring (bicyclic) bond motifs is 1. The van der Waals surface area contributed by atoms with E-state index in [1.807, 2.05) is 48.7 Å². The van der Waals surface area contributed by atoms with Crippen molar-refractivity contribution in [2.75, 3.05) is 5.32 Å². The largest absolute Gasteiger partial charge is 0.326 e. The van der Waals surface area contributed by atoms with Crippen molar-refractivity contribution in [3.05, 3.63) is 72.6 Å². The van der Waals surface area contributed by atoms with Crippen molar-refractivity contribution < 1.29 is 4.79 Å². The van der Waals surface area contributed by atoms with E-state index in [0.29, 0.717) is 5.92 Å². The molecule has 0 unspecified atom stereocenters. The molecule has 1 N–H and O–H groups in total. The fourth-order valence-corrected chi connectivity index (χ4v) is 2.95. The minimum Gasteiger partial charge on any atom is -0.326 e. The Balaban J connectivity index is 1.48. The van der Waals surface area contributed by atoms with Gasteiger partial charge in [-0.15, -0.1) is 0 Å². The maximum absolute atomic E-state index is 12.4. The lowest BCUT2D eigenvalue weighted by Gasteiger charge is -2.06. The first-order valence-corrected chi connectivity index (χ1v) is 7.51. The van der Waals surface area contributed by atoms with Crippen LogP contribution in [0, 0.1) is 5.92 Å². The lowest BCUT2D eigenvalue weighted by atomic mass is 10.1. The summed E-state index contributed by atoms with van der Waals surface area (Å²) < 4.78 is 0. The van der Waals surface area contributed by atoms with Gasteiger partial charge < -0.3 is 5.32 Å². The fraction of sp³-hybridized carbons (Fsp3) is 0.158. The Morgan fingerprint density at radius 3 is 2.77 bits per heavy atom. The van der Waals surface area contributed by atoms with Crippen LogP contribution in [0.2, 0.25) is 0 Å². The number of nitrogens with zero attached hydrogens (tertiary/aromatic N) is 1. The van der Waals surface area contributed by atoms with Crippen molar-refractivity contribution >= 4 is 22.4 Å². The fourth-order valence-electron chi connectivity index (χ4n) is 2.95. The molecule has 0 spiro atoms. The first-order valence-electron chi connectivity index (χ1n) is 7.51. The van der Waals surface area contributed by atoms with Gasteiger partial charge in [0.25, 0.3) is 0 Å². The van der Waals surface area contributed by atoms with E-state index in [1.54, 1.807) is 6.20 Å². The van der Waals surface area contributed by atoms with Crippen LogP contribution in [0.25, 0.3) is 10.8 Å². The summed E-state index contributed by atoms with van der Waals surface area (Å²) in [5.41, 5.74) is 2.11. The molecule has 0 aliphatic heterocycles. The average Bonchev–Trinajstić information content (AvgIpc) is 3.36. The number of hydrogen-bond acceptors (Lipinski definition) is 2. The van der Waals surface area contributed by atoms with Gasteiger partial charge in [0.15, 0.2) is 0 Å². The zero-order valence-electron chi connectivity index (χ0n) is 12.1. The van der Waals surface area contributed by atoms with Crippen molar-refractivity contribution in [1.82, 2.24) is 4.98 Å². The normalized spacial score (nSPS) is 19.8. The van der Waals surface area contributed by atoms with E-state index < -0.39 is 0 Å². The SMILES string of the molecule is O=C(Nc1ccc2cnccc2c1)[C@@H]1C[C@H]1c1ccccc1. The van der Waals surface area contributed by atoms with Gasteiger partial charge in [-0.05, 0) is 41.5 Å². The van der Waals surface area contributed by atoms with E-state index in [2.05, 4.69) is 22.4 Å². The summed E-state index contributed by atoms with van der Waals surface area (Å²) in [6.45, 7) is 0. The Morgan fingerprint density at radius 1 is 1.05 bits per heavy atom. The lowest BCUT2D eigenvalue weighted by Crippen LogP contribution is -2.14. The van der Waals surface area contributed by atoms with Crippen LogP contribution in [-0.4, -0.2) is 10.9 Å². The molecule has 1 saturated carbocycles. The van der Waals surface area contributed by atoms with E-state index in [9.17, 15) is 4.79 Å². The standard InChI is InChI=1S/C19H16N2O/c22-19(18-11-17(18)13-4-2-1-3-5-13)21-16-7-6-15-12-20-9-8-14(15)10-16/h1-10,12,17-18H,11H2,(H,21,22)/t17-,18+/m0/s1. The van der Waals surface area contributed by atoms with Crippen molar-refractivity contribution in [3.63, 3.8) is 0 Å². The molecule has 2 atom stereocenters. The quantitative estimate of drug-likeness (QED) is 0.792. The molecule has 0 saturated heterocycles. The molecule has 1 aromatic heterocycles. The third kappa shape index (κ3) is 2.46. The van der Waals surface area contributed by atoms with Crippen LogP contribution in [0.15, 0.2) is 67.0 Å². The molecule has 1 aliphatic rings. The predicted octanol–water partition coefficient (Wildman–Crippen LogP) is 3.98. The van der Waals surface area contributed by atoms with Crippen LogP contribution in [-0.2, 0) is 4.79 Å². The summed E-state index contributed by atoms with van der Waals surface area (Å²) in [6, 6.07) is 18.1. The number of hydrogen-bond donors (Lipinski definition) is 1. The summed E-state index contributed by atoms with van der Waals surface area (Å²) in [5, 5.41) is 5.20. The summed E-state index contributed by atoms with van der Waals surface area (Å²) in [5.74, 6) is 0.573. The molecular weight excluding hydrogens is 272 g/mol. The van der Waals surface area contributed by atoms with Crippen LogP contribution in [0.3, 0.4) is 0 Å². The second-order valence-electron chi connectivity index (χ2n) is 5.79. The Hall–Kier alpha value is -2.68. The van der Waals surface area contributed by atoms with Crippen molar-refractivity contribution in [2.24, 2.45) is 5.92 Å². The maximum Gasteiger partial charge on any atom is 0.228 e. The Bertz CT molecular complexity index is 829. The van der Waals surface area contributed by atoms with Gasteiger partial charge in [-0.25, -0.2) is 0 Å². The molecule has 0 bridgehead atoms. The highest BCUT2D eigenvalue weighted by Crippen LogP contribution is 2.47. The lowest BCUT2D eigenvalue weighted by molar-refractivity contribution is -0.117. The topological polar surface area (TPSA) is 42.0 Å². The molecule has 1 amide bonds. The zero-order chi connectivity index (χ0) is 14.9. The number of anilines is 1.